The predicted octanol–water partition coefficient (Wildman–Crippen LogP) is -8.71. The molecule has 2 unspecified atom stereocenters. The number of nitrogens with one attached hydrogen (secondary N) is 2. The summed E-state index contributed by atoms with van der Waals surface area (Å²) < 4.78 is 2.10. The van der Waals surface area contributed by atoms with E-state index in [1.807, 2.05) is 0 Å². The van der Waals surface area contributed by atoms with Gasteiger partial charge in [-0.3, -0.25) is 38.6 Å². The molecule has 0 aliphatic carbocycles. The largest absolute Gasteiger partial charge is 1.00 e. The normalized spacial score (nSPS) is 19.6. The predicted molar refractivity (Wildman–Crippen MR) is 239 cm³/mol. The molecule has 2 fully saturated rings. The molecule has 4 aromatic rings. The van der Waals surface area contributed by atoms with Gasteiger partial charge >= 0.3 is 115 Å². The van der Waals surface area contributed by atoms with Crippen LogP contribution in [-0.4, -0.2) is 164 Å². The molecule has 4 aliphatic heterocycles. The fourth-order valence-corrected chi connectivity index (χ4v) is 12.2. The molecule has 0 bridgehead atoms. The Labute approximate surface area is 517 Å². The van der Waals surface area contributed by atoms with Gasteiger partial charge in [0, 0.05) is 33.1 Å². The number of fused-ring (bicyclic) bond motifs is 2. The van der Waals surface area contributed by atoms with Crippen molar-refractivity contribution < 1.29 is 172 Å². The number of hydrogen-bond acceptors (Lipinski definition) is 22. The minimum absolute atomic E-state index is 0. The summed E-state index contributed by atoms with van der Waals surface area (Å²) in [6.45, 7) is -0.933. The fraction of sp³-hybridized carbons (Fsp3) is 0.316. The van der Waals surface area contributed by atoms with E-state index in [0.29, 0.717) is 21.2 Å². The standard InChI is InChI=1S/2C19H17ClN6O7S2.2K/c2*20-10-3-1-2-8(4-10)14(29)15(30)21-12-16(31)26-13(18(32)33)9(6-34-17(12)26)7-35-19-22-23-24-25(19)5-11(27)28;;/h2*1-4,12,14,17,29H,5-7H2,(H,21,30)(H,27,28)(H,32,33);;/q;;2*+1/p-2/t2*12?,14-,17-;;/m11../s1. The number of benzene rings is 2. The van der Waals surface area contributed by atoms with Gasteiger partial charge in [-0.2, -0.15) is 0 Å². The number of carbonyl (C=O) groups excluding carboxylic acids is 6. The van der Waals surface area contributed by atoms with Crippen molar-refractivity contribution in [3.05, 3.63) is 92.2 Å². The van der Waals surface area contributed by atoms with E-state index in [9.17, 15) is 58.8 Å². The number of amides is 4. The second-order valence-corrected chi connectivity index (χ2v) is 19.8. The van der Waals surface area contributed by atoms with Crippen molar-refractivity contribution in [1.82, 2.24) is 60.8 Å². The van der Waals surface area contributed by atoms with Gasteiger partial charge in [0.1, 0.15) is 35.9 Å². The topological polar surface area (TPSA) is 381 Å². The molecule has 0 spiro atoms. The van der Waals surface area contributed by atoms with Crippen LogP contribution in [0.4, 0.5) is 0 Å². The van der Waals surface area contributed by atoms with Crippen molar-refractivity contribution in [2.24, 2.45) is 0 Å². The first-order chi connectivity index (χ1) is 33.3. The Hall–Kier alpha value is -3.01. The van der Waals surface area contributed by atoms with E-state index in [2.05, 4.69) is 41.7 Å². The Morgan fingerprint density at radius 2 is 1.06 bits per heavy atom. The minimum atomic E-state index is -1.57. The third kappa shape index (κ3) is 13.9. The molecule has 0 radical (unpaired) electrons. The molecular weight excluding hydrogens is 1130 g/mol. The number of thioether (sulfide) groups is 4. The van der Waals surface area contributed by atoms with Crippen molar-refractivity contribution in [3.63, 3.8) is 0 Å². The first-order valence-electron chi connectivity index (χ1n) is 19.8. The number of aliphatic hydroxyl groups is 2. The van der Waals surface area contributed by atoms with E-state index in [0.717, 1.165) is 42.7 Å². The van der Waals surface area contributed by atoms with Gasteiger partial charge in [0.2, 0.25) is 10.3 Å². The Balaban J connectivity index is 0.000000260. The number of tetrazole rings is 2. The van der Waals surface area contributed by atoms with E-state index in [1.54, 1.807) is 24.3 Å². The second-order valence-electron chi connectivity index (χ2n) is 14.8. The summed E-state index contributed by atoms with van der Waals surface area (Å²) >= 11 is 16.3. The molecule has 8 rings (SSSR count). The number of aromatic nitrogens is 8. The zero-order valence-corrected chi connectivity index (χ0v) is 48.1. The third-order valence-electron chi connectivity index (χ3n) is 10.2. The number of hydrogen-bond donors (Lipinski definition) is 6. The maximum absolute atomic E-state index is 12.8. The Bertz CT molecular complexity index is 2680. The van der Waals surface area contributed by atoms with Crippen LogP contribution in [0.15, 0.2) is 81.4 Å². The van der Waals surface area contributed by atoms with Gasteiger partial charge in [0.05, 0.1) is 23.3 Å². The van der Waals surface area contributed by atoms with Gasteiger partial charge in [-0.05, 0) is 67.4 Å². The molecule has 0 saturated carbocycles. The number of β-lactam (4-membered cyclic amide) rings is 2. The summed E-state index contributed by atoms with van der Waals surface area (Å²) in [6, 6.07) is 10.1. The Kier molecular flexibility index (Phi) is 22.2. The summed E-state index contributed by atoms with van der Waals surface area (Å²) in [5.74, 6) is -7.85. The summed E-state index contributed by atoms with van der Waals surface area (Å²) in [6.07, 6.45) is -3.13. The molecule has 4 aliphatic rings. The van der Waals surface area contributed by atoms with Gasteiger partial charge < -0.3 is 50.9 Å². The van der Waals surface area contributed by atoms with Gasteiger partial charge in [-0.15, -0.1) is 33.7 Å². The Morgan fingerprint density at radius 1 is 0.681 bits per heavy atom. The summed E-state index contributed by atoms with van der Waals surface area (Å²) in [5, 5.41) is 88.2. The van der Waals surface area contributed by atoms with E-state index in [-0.39, 0.29) is 159 Å². The number of rotatable bonds is 18. The number of aliphatic carboxylic acids is 4. The van der Waals surface area contributed by atoms with Gasteiger partial charge in [-0.25, -0.2) is 9.36 Å². The van der Waals surface area contributed by atoms with Gasteiger partial charge in [-0.1, -0.05) is 71.0 Å². The van der Waals surface area contributed by atoms with E-state index in [4.69, 9.17) is 33.4 Å². The average Bonchev–Trinajstić information content (AvgIpc) is 3.97. The van der Waals surface area contributed by atoms with Crippen LogP contribution in [0.25, 0.3) is 0 Å². The molecule has 2 aromatic heterocycles. The SMILES string of the molecule is O=C(O)Cn1nnnc1SCC1=C(C(=O)[O-])N2C(=O)C(NC(=O)[C@H](O)c3cccc(Cl)c3)[C@H]2SC1.O=C(O)Cn1nnnc1SCC1=C(C(=O)[O-])N2C(=O)C(NC(=O)[C@H](O)c3cccc(Cl)c3)[C@H]2SC1.[K+].[K+]. The molecule has 6 N–H and O–H groups in total. The smallest absolute Gasteiger partial charge is 0.543 e. The molecule has 6 atom stereocenters. The van der Waals surface area contributed by atoms with Crippen LogP contribution in [0.5, 0.6) is 0 Å². The number of nitrogens with zero attached hydrogens (tertiary/aromatic N) is 10. The molecule has 72 heavy (non-hydrogen) atoms. The van der Waals surface area contributed by atoms with E-state index >= 15 is 0 Å². The van der Waals surface area contributed by atoms with Crippen molar-refractivity contribution in [1.29, 1.82) is 0 Å². The quantitative estimate of drug-likeness (QED) is 0.0306. The first kappa shape index (κ1) is 59.9. The van der Waals surface area contributed by atoms with Crippen LogP contribution in [0.1, 0.15) is 23.3 Å². The number of carboxylic acid groups (broad SMARTS) is 4. The molecule has 2 aromatic carbocycles. The summed E-state index contributed by atoms with van der Waals surface area (Å²) in [4.78, 5) is 98.2. The van der Waals surface area contributed by atoms with Crippen molar-refractivity contribution >= 4 is 118 Å². The fourth-order valence-electron chi connectivity index (χ4n) is 7.04. The number of aliphatic hydroxyl groups excluding tert-OH is 2. The maximum atomic E-state index is 12.8. The number of halogens is 2. The molecule has 4 amide bonds. The molecule has 6 heterocycles. The molecular formula is C38H32Cl2K2N12O14S4. The van der Waals surface area contributed by atoms with Crippen LogP contribution < -0.4 is 124 Å². The van der Waals surface area contributed by atoms with E-state index < -0.39 is 95.6 Å². The zero-order chi connectivity index (χ0) is 50.6. The van der Waals surface area contributed by atoms with E-state index in [1.165, 1.54) is 47.8 Å². The van der Waals surface area contributed by atoms with Crippen LogP contribution in [0.3, 0.4) is 0 Å². The van der Waals surface area contributed by atoms with Crippen molar-refractivity contribution in [3.8, 4) is 0 Å². The monoisotopic (exact) mass is 1160 g/mol. The van der Waals surface area contributed by atoms with Gasteiger partial charge in [0.25, 0.3) is 23.6 Å². The molecule has 368 valence electrons. The summed E-state index contributed by atoms with van der Waals surface area (Å²) in [7, 11) is 0. The average molecular weight is 1160 g/mol. The summed E-state index contributed by atoms with van der Waals surface area (Å²) in [5.41, 5.74) is 0.579. The first-order valence-corrected chi connectivity index (χ1v) is 24.6. The molecule has 2 saturated heterocycles. The van der Waals surface area contributed by atoms with Crippen molar-refractivity contribution in [2.75, 3.05) is 23.0 Å². The minimum Gasteiger partial charge on any atom is -0.543 e. The number of carbonyl (C=O) groups is 8. The zero-order valence-electron chi connectivity index (χ0n) is 37.1. The van der Waals surface area contributed by atoms with Crippen LogP contribution in [0, 0.1) is 0 Å². The van der Waals surface area contributed by atoms with Crippen LogP contribution >= 0.6 is 70.2 Å². The second kappa shape index (κ2) is 26.7. The number of carboxylic acids is 4. The maximum Gasteiger partial charge on any atom is 1.00 e. The molecule has 34 heteroatoms. The Morgan fingerprint density at radius 3 is 1.39 bits per heavy atom. The van der Waals surface area contributed by atoms with Gasteiger partial charge in [0.15, 0.2) is 12.2 Å². The third-order valence-corrected chi connectivity index (χ3v) is 15.5. The van der Waals surface area contributed by atoms with Crippen LogP contribution in [-0.2, 0) is 51.4 Å². The van der Waals surface area contributed by atoms with Crippen molar-refractivity contribution in [2.45, 2.75) is 58.4 Å². The molecule has 26 nitrogen and oxygen atoms in total. The van der Waals surface area contributed by atoms with Crippen LogP contribution in [0.2, 0.25) is 10.0 Å².